The molecule has 2 nitrogen and oxygen atoms in total. The van der Waals surface area contributed by atoms with Crippen molar-refractivity contribution in [3.63, 3.8) is 0 Å². The third-order valence-corrected chi connectivity index (χ3v) is 3.16. The van der Waals surface area contributed by atoms with Gasteiger partial charge in [-0.3, -0.25) is 0 Å². The minimum atomic E-state index is 0.582. The Morgan fingerprint density at radius 2 is 1.90 bits per heavy atom. The third kappa shape index (κ3) is 4.12. The van der Waals surface area contributed by atoms with Gasteiger partial charge in [-0.2, -0.15) is 0 Å². The quantitative estimate of drug-likeness (QED) is 0.610. The zero-order chi connectivity index (χ0) is 14.2. The molecule has 2 aromatic rings. The molecule has 0 unspecified atom stereocenters. The maximum Gasteiger partial charge on any atom is 0.137 e. The first-order valence-electron chi connectivity index (χ1n) is 6.60. The van der Waals surface area contributed by atoms with Gasteiger partial charge < -0.3 is 10.1 Å². The van der Waals surface area contributed by atoms with Gasteiger partial charge in [0.05, 0.1) is 5.02 Å². The van der Waals surface area contributed by atoms with Crippen molar-refractivity contribution in [3.8, 4) is 16.9 Å². The number of benzene rings is 2. The zero-order valence-corrected chi connectivity index (χ0v) is 12.1. The summed E-state index contributed by atoms with van der Waals surface area (Å²) in [5.74, 6) is 0.715. The number of ether oxygens (including phenoxy) is 1. The van der Waals surface area contributed by atoms with Crippen molar-refractivity contribution in [1.29, 1.82) is 0 Å². The fourth-order valence-electron chi connectivity index (χ4n) is 1.87. The third-order valence-electron chi connectivity index (χ3n) is 2.86. The van der Waals surface area contributed by atoms with E-state index in [1.165, 1.54) is 0 Å². The molecule has 0 aliphatic carbocycles. The molecule has 1 N–H and O–H groups in total. The standard InChI is InChI=1S/C17H18ClNO/c1-2-10-19-11-12-20-17-9-8-15(13-16(17)18)14-6-4-3-5-7-14/h2-9,13,19H,1,10-12H2. The summed E-state index contributed by atoms with van der Waals surface area (Å²) in [6.45, 7) is 5.77. The molecular weight excluding hydrogens is 270 g/mol. The van der Waals surface area contributed by atoms with E-state index in [0.29, 0.717) is 17.4 Å². The molecule has 0 aliphatic heterocycles. The Morgan fingerprint density at radius 1 is 1.10 bits per heavy atom. The normalized spacial score (nSPS) is 10.2. The molecule has 0 spiro atoms. The predicted molar refractivity (Wildman–Crippen MR) is 85.4 cm³/mol. The Morgan fingerprint density at radius 3 is 2.60 bits per heavy atom. The molecule has 0 amide bonds. The molecule has 0 saturated carbocycles. The molecule has 0 heterocycles. The van der Waals surface area contributed by atoms with E-state index < -0.39 is 0 Å². The van der Waals surface area contributed by atoms with Gasteiger partial charge in [0.15, 0.2) is 0 Å². The first kappa shape index (κ1) is 14.6. The van der Waals surface area contributed by atoms with Crippen LogP contribution in [0.25, 0.3) is 11.1 Å². The van der Waals surface area contributed by atoms with Gasteiger partial charge in [-0.25, -0.2) is 0 Å². The summed E-state index contributed by atoms with van der Waals surface area (Å²) in [4.78, 5) is 0. The van der Waals surface area contributed by atoms with Gasteiger partial charge in [-0.1, -0.05) is 54.1 Å². The monoisotopic (exact) mass is 287 g/mol. The second-order valence-electron chi connectivity index (χ2n) is 4.35. The van der Waals surface area contributed by atoms with E-state index >= 15 is 0 Å². The molecule has 0 saturated heterocycles. The topological polar surface area (TPSA) is 21.3 Å². The lowest BCUT2D eigenvalue weighted by Gasteiger charge is -2.10. The van der Waals surface area contributed by atoms with E-state index in [2.05, 4.69) is 24.0 Å². The molecule has 0 atom stereocenters. The predicted octanol–water partition coefficient (Wildman–Crippen LogP) is 4.16. The Labute approximate surface area is 125 Å². The maximum absolute atomic E-state index is 6.26. The maximum atomic E-state index is 6.26. The minimum Gasteiger partial charge on any atom is -0.491 e. The Bertz CT molecular complexity index is 554. The number of rotatable bonds is 7. The van der Waals surface area contributed by atoms with Gasteiger partial charge in [-0.15, -0.1) is 6.58 Å². The Balaban J connectivity index is 1.98. The highest BCUT2D eigenvalue weighted by Gasteiger charge is 2.04. The van der Waals surface area contributed by atoms with E-state index in [9.17, 15) is 0 Å². The molecule has 0 aliphatic rings. The van der Waals surface area contributed by atoms with E-state index in [1.54, 1.807) is 0 Å². The van der Waals surface area contributed by atoms with Crippen molar-refractivity contribution >= 4 is 11.6 Å². The van der Waals surface area contributed by atoms with Gasteiger partial charge in [0, 0.05) is 13.1 Å². The highest BCUT2D eigenvalue weighted by Crippen LogP contribution is 2.30. The van der Waals surface area contributed by atoms with Crippen molar-refractivity contribution in [2.24, 2.45) is 0 Å². The van der Waals surface area contributed by atoms with Gasteiger partial charge in [0.25, 0.3) is 0 Å². The summed E-state index contributed by atoms with van der Waals surface area (Å²) in [5.41, 5.74) is 2.24. The molecule has 104 valence electrons. The minimum absolute atomic E-state index is 0.582. The lowest BCUT2D eigenvalue weighted by molar-refractivity contribution is 0.316. The fourth-order valence-corrected chi connectivity index (χ4v) is 2.10. The van der Waals surface area contributed by atoms with Crippen LogP contribution in [-0.2, 0) is 0 Å². The van der Waals surface area contributed by atoms with Crippen LogP contribution in [-0.4, -0.2) is 19.7 Å². The summed E-state index contributed by atoms with van der Waals surface area (Å²) in [6.07, 6.45) is 1.82. The molecule has 2 rings (SSSR count). The summed E-state index contributed by atoms with van der Waals surface area (Å²) < 4.78 is 5.65. The smallest absolute Gasteiger partial charge is 0.137 e. The summed E-state index contributed by atoms with van der Waals surface area (Å²) in [7, 11) is 0. The van der Waals surface area contributed by atoms with Crippen LogP contribution in [0.3, 0.4) is 0 Å². The van der Waals surface area contributed by atoms with E-state index in [0.717, 1.165) is 24.2 Å². The summed E-state index contributed by atoms with van der Waals surface area (Å²) in [6, 6.07) is 16.0. The van der Waals surface area contributed by atoms with E-state index in [4.69, 9.17) is 16.3 Å². The lowest BCUT2D eigenvalue weighted by atomic mass is 10.1. The van der Waals surface area contributed by atoms with Crippen LogP contribution < -0.4 is 10.1 Å². The molecule has 0 aromatic heterocycles. The van der Waals surface area contributed by atoms with Gasteiger partial charge in [0.1, 0.15) is 12.4 Å². The van der Waals surface area contributed by atoms with Gasteiger partial charge in [0.2, 0.25) is 0 Å². The molecule has 0 radical (unpaired) electrons. The largest absolute Gasteiger partial charge is 0.491 e. The average molecular weight is 288 g/mol. The van der Waals surface area contributed by atoms with E-state index in [-0.39, 0.29) is 0 Å². The first-order valence-corrected chi connectivity index (χ1v) is 6.98. The van der Waals surface area contributed by atoms with Crippen molar-refractivity contribution in [3.05, 3.63) is 66.2 Å². The fraction of sp³-hybridized carbons (Fsp3) is 0.176. The van der Waals surface area contributed by atoms with Crippen LogP contribution in [0.4, 0.5) is 0 Å². The van der Waals surface area contributed by atoms with Crippen LogP contribution in [0.5, 0.6) is 5.75 Å². The Hall–Kier alpha value is -1.77. The van der Waals surface area contributed by atoms with Crippen LogP contribution in [0, 0.1) is 0 Å². The average Bonchev–Trinajstić information content (AvgIpc) is 2.49. The van der Waals surface area contributed by atoms with E-state index in [1.807, 2.05) is 42.5 Å². The summed E-state index contributed by atoms with van der Waals surface area (Å²) in [5, 5.41) is 3.81. The van der Waals surface area contributed by atoms with Crippen molar-refractivity contribution in [2.45, 2.75) is 0 Å². The highest BCUT2D eigenvalue weighted by atomic mass is 35.5. The summed E-state index contributed by atoms with van der Waals surface area (Å²) >= 11 is 6.26. The SMILES string of the molecule is C=CCNCCOc1ccc(-c2ccccc2)cc1Cl. The van der Waals surface area contributed by atoms with Crippen LogP contribution in [0.15, 0.2) is 61.2 Å². The molecule has 0 fully saturated rings. The Kier molecular flexibility index (Phi) is 5.66. The van der Waals surface area contributed by atoms with Gasteiger partial charge >= 0.3 is 0 Å². The van der Waals surface area contributed by atoms with Gasteiger partial charge in [-0.05, 0) is 23.3 Å². The lowest BCUT2D eigenvalue weighted by Crippen LogP contribution is -2.20. The van der Waals surface area contributed by atoms with Crippen LogP contribution >= 0.6 is 11.6 Å². The van der Waals surface area contributed by atoms with Crippen molar-refractivity contribution in [2.75, 3.05) is 19.7 Å². The molecule has 20 heavy (non-hydrogen) atoms. The molecule has 0 bridgehead atoms. The molecular formula is C17H18ClNO. The van der Waals surface area contributed by atoms with Crippen molar-refractivity contribution < 1.29 is 4.74 Å². The highest BCUT2D eigenvalue weighted by molar-refractivity contribution is 6.32. The number of hydrogen-bond donors (Lipinski definition) is 1. The van der Waals surface area contributed by atoms with Crippen LogP contribution in [0.1, 0.15) is 0 Å². The number of hydrogen-bond acceptors (Lipinski definition) is 2. The van der Waals surface area contributed by atoms with Crippen molar-refractivity contribution in [1.82, 2.24) is 5.32 Å². The molecule has 3 heteroatoms. The zero-order valence-electron chi connectivity index (χ0n) is 11.3. The second kappa shape index (κ2) is 7.73. The molecule has 2 aromatic carbocycles. The number of nitrogens with one attached hydrogen (secondary N) is 1. The van der Waals surface area contributed by atoms with Crippen LogP contribution in [0.2, 0.25) is 5.02 Å². The second-order valence-corrected chi connectivity index (χ2v) is 4.76. The first-order chi connectivity index (χ1) is 9.81. The number of halogens is 1.